The Bertz CT molecular complexity index is 2000. The number of phosphoric ester groups is 2. The van der Waals surface area contributed by atoms with Gasteiger partial charge >= 0.3 is 39.5 Å². The lowest BCUT2D eigenvalue weighted by atomic mass is 10.0. The Morgan fingerprint density at radius 2 is 0.540 bits per heavy atom. The normalized spacial score (nSPS) is 14.0. The highest BCUT2D eigenvalue weighted by atomic mass is 31.2. The molecule has 0 saturated heterocycles. The van der Waals surface area contributed by atoms with Crippen molar-refractivity contribution in [2.45, 2.75) is 425 Å². The van der Waals surface area contributed by atoms with Crippen molar-refractivity contribution in [1.29, 1.82) is 0 Å². The molecule has 0 fully saturated rings. The third-order valence-corrected chi connectivity index (χ3v) is 20.3. The van der Waals surface area contributed by atoms with E-state index in [1.807, 2.05) is 0 Å². The summed E-state index contributed by atoms with van der Waals surface area (Å²) in [5, 5.41) is 10.6. The van der Waals surface area contributed by atoms with E-state index in [4.69, 9.17) is 37.0 Å². The molecule has 17 nitrogen and oxygen atoms in total. The smallest absolute Gasteiger partial charge is 0.462 e. The van der Waals surface area contributed by atoms with Gasteiger partial charge in [0.2, 0.25) is 0 Å². The number of unbranched alkanes of at least 4 members (excludes halogenated alkanes) is 48. The number of carbonyl (C=O) groups excluding carboxylic acids is 4. The van der Waals surface area contributed by atoms with Crippen LogP contribution in [0.25, 0.3) is 0 Å². The quantitative estimate of drug-likeness (QED) is 0.0169. The minimum atomic E-state index is -4.97. The molecule has 0 bridgehead atoms. The van der Waals surface area contributed by atoms with Gasteiger partial charge in [-0.15, -0.1) is 0 Å². The van der Waals surface area contributed by atoms with Gasteiger partial charge in [0.25, 0.3) is 0 Å². The van der Waals surface area contributed by atoms with Gasteiger partial charge in [0.15, 0.2) is 12.2 Å². The van der Waals surface area contributed by atoms with Crippen LogP contribution < -0.4 is 0 Å². The second-order valence-corrected chi connectivity index (χ2v) is 31.9. The molecule has 0 rings (SSSR count). The molecule has 0 radical (unpaired) electrons. The Kier molecular flexibility index (Phi) is 71.6. The number of hydrogen-bond acceptors (Lipinski definition) is 15. The van der Waals surface area contributed by atoms with E-state index in [1.54, 1.807) is 0 Å². The third kappa shape index (κ3) is 73.8. The van der Waals surface area contributed by atoms with E-state index < -0.39 is 97.5 Å². The summed E-state index contributed by atoms with van der Waals surface area (Å²) in [6, 6.07) is 0. The van der Waals surface area contributed by atoms with Crippen molar-refractivity contribution in [3.63, 3.8) is 0 Å². The van der Waals surface area contributed by atoms with Crippen LogP contribution in [0.4, 0.5) is 0 Å². The first-order valence-electron chi connectivity index (χ1n) is 41.5. The number of hydrogen-bond donors (Lipinski definition) is 3. The van der Waals surface area contributed by atoms with Crippen molar-refractivity contribution >= 4 is 39.5 Å². The number of aliphatic hydroxyl groups excluding tert-OH is 1. The minimum absolute atomic E-state index is 0.102. The molecule has 590 valence electrons. The predicted octanol–water partition coefficient (Wildman–Crippen LogP) is 24.0. The molecule has 100 heavy (non-hydrogen) atoms. The zero-order chi connectivity index (χ0) is 73.4. The van der Waals surface area contributed by atoms with Gasteiger partial charge in [-0.3, -0.25) is 37.3 Å². The maximum Gasteiger partial charge on any atom is 0.472 e. The molecule has 19 heteroatoms. The van der Waals surface area contributed by atoms with Crippen LogP contribution in [0, 0.1) is 5.92 Å². The van der Waals surface area contributed by atoms with Gasteiger partial charge in [0.05, 0.1) is 26.4 Å². The zero-order valence-electron chi connectivity index (χ0n) is 64.8. The lowest BCUT2D eigenvalue weighted by Gasteiger charge is -2.21. The number of ether oxygens (including phenoxy) is 4. The number of carbonyl (C=O) groups is 4. The SMILES string of the molecule is CCCCCC/C=C\C=C/CCCCCCCC(=O)OC[C@H](COP(=O)(O)OC[C@@H](O)COP(=O)(O)OC[C@@H](COC(=O)CCCCCCCCCCC)OC(=O)CCCCCCCCCCCCCC(C)C)OC(=O)CCCCCCCCCCCCCCCCCCCCCCCC. The van der Waals surface area contributed by atoms with Crippen molar-refractivity contribution < 1.29 is 80.2 Å². The van der Waals surface area contributed by atoms with Crippen LogP contribution in [-0.4, -0.2) is 96.7 Å². The maximum absolute atomic E-state index is 13.1. The van der Waals surface area contributed by atoms with Gasteiger partial charge in [-0.25, -0.2) is 9.13 Å². The summed E-state index contributed by atoms with van der Waals surface area (Å²) in [7, 11) is -9.93. The van der Waals surface area contributed by atoms with E-state index in [-0.39, 0.29) is 25.7 Å². The van der Waals surface area contributed by atoms with E-state index >= 15 is 0 Å². The van der Waals surface area contributed by atoms with Gasteiger partial charge in [-0.1, -0.05) is 354 Å². The Balaban J connectivity index is 5.22. The lowest BCUT2D eigenvalue weighted by Crippen LogP contribution is -2.30. The van der Waals surface area contributed by atoms with Gasteiger partial charge in [0.1, 0.15) is 19.3 Å². The monoisotopic (exact) mass is 1460 g/mol. The molecule has 3 N–H and O–H groups in total. The third-order valence-electron chi connectivity index (χ3n) is 18.4. The summed E-state index contributed by atoms with van der Waals surface area (Å²) in [5.41, 5.74) is 0. The predicted molar refractivity (Wildman–Crippen MR) is 409 cm³/mol. The van der Waals surface area contributed by atoms with E-state index in [0.29, 0.717) is 25.7 Å². The van der Waals surface area contributed by atoms with Crippen LogP contribution in [0.15, 0.2) is 24.3 Å². The van der Waals surface area contributed by atoms with Crippen molar-refractivity contribution in [3.05, 3.63) is 24.3 Å². The Morgan fingerprint density at radius 3 is 0.820 bits per heavy atom. The molecule has 5 atom stereocenters. The van der Waals surface area contributed by atoms with Crippen molar-refractivity contribution in [1.82, 2.24) is 0 Å². The van der Waals surface area contributed by atoms with Gasteiger partial charge in [-0.05, 0) is 57.3 Å². The Labute approximate surface area is 612 Å². The minimum Gasteiger partial charge on any atom is -0.462 e. The summed E-state index contributed by atoms with van der Waals surface area (Å²) in [5.74, 6) is -1.38. The lowest BCUT2D eigenvalue weighted by molar-refractivity contribution is -0.161. The number of phosphoric acid groups is 2. The first-order valence-corrected chi connectivity index (χ1v) is 44.4. The molecule has 2 unspecified atom stereocenters. The number of rotatable bonds is 79. The van der Waals surface area contributed by atoms with Crippen LogP contribution in [0.2, 0.25) is 0 Å². The van der Waals surface area contributed by atoms with Crippen LogP contribution in [0.5, 0.6) is 0 Å². The van der Waals surface area contributed by atoms with Gasteiger partial charge in [-0.2, -0.15) is 0 Å². The molecule has 0 saturated carbocycles. The summed E-state index contributed by atoms with van der Waals surface area (Å²) < 4.78 is 68.6. The molecule has 0 aliphatic carbocycles. The topological polar surface area (TPSA) is 237 Å². The van der Waals surface area contributed by atoms with Crippen molar-refractivity contribution in [2.75, 3.05) is 39.6 Å². The van der Waals surface area contributed by atoms with Gasteiger partial charge in [0, 0.05) is 25.7 Å². The number of allylic oxidation sites excluding steroid dienone is 4. The van der Waals surface area contributed by atoms with E-state index in [1.165, 1.54) is 212 Å². The summed E-state index contributed by atoms with van der Waals surface area (Å²) in [6.45, 7) is 7.24. The highest BCUT2D eigenvalue weighted by Crippen LogP contribution is 2.45. The number of esters is 4. The van der Waals surface area contributed by atoms with E-state index in [9.17, 15) is 43.2 Å². The molecular weight excluding hydrogens is 1310 g/mol. The van der Waals surface area contributed by atoms with Crippen LogP contribution >= 0.6 is 15.6 Å². The summed E-state index contributed by atoms with van der Waals surface area (Å²) >= 11 is 0. The molecule has 0 aromatic rings. The fourth-order valence-electron chi connectivity index (χ4n) is 12.0. The molecule has 0 amide bonds. The van der Waals surface area contributed by atoms with Crippen molar-refractivity contribution in [3.8, 4) is 0 Å². The van der Waals surface area contributed by atoms with Crippen LogP contribution in [0.1, 0.15) is 407 Å². The average Bonchev–Trinajstić information content (AvgIpc) is 2.24. The van der Waals surface area contributed by atoms with Gasteiger partial charge < -0.3 is 33.8 Å². The molecule has 0 aliphatic rings. The molecule has 0 aliphatic heterocycles. The molecule has 0 spiro atoms. The highest BCUT2D eigenvalue weighted by Gasteiger charge is 2.30. The van der Waals surface area contributed by atoms with E-state index in [0.717, 1.165) is 115 Å². The fourth-order valence-corrected chi connectivity index (χ4v) is 13.6. The molecular formula is C81H154O17P2. The zero-order valence-corrected chi connectivity index (χ0v) is 66.6. The Hall–Kier alpha value is -2.46. The average molecular weight is 1460 g/mol. The summed E-state index contributed by atoms with van der Waals surface area (Å²) in [6.07, 6.45) is 67.5. The standard InChI is InChI=1S/C81H154O17P2/c1-6-9-12-15-18-21-23-25-27-28-29-30-31-32-33-35-37-41-46-51-56-61-66-80(85)98-77(71-92-79(84)65-60-55-50-45-40-36-34-26-24-22-19-16-13-10-7-2)73-96-100(89,90)94-69-75(82)68-93-99(87,88)95-72-76(70-91-78(83)64-59-54-49-43-20-17-14-11-8-3)97-81(86)67-62-57-52-47-42-38-39-44-48-53-58-63-74(4)5/h22,24,26,34,74-77,82H,6-21,23,25,27-33,35-73H2,1-5H3,(H,87,88)(H,89,90)/b24-22-,34-26-/t75-,76+,77+/m0/s1. The molecule has 0 heterocycles. The van der Waals surface area contributed by atoms with Crippen LogP contribution in [0.3, 0.4) is 0 Å². The van der Waals surface area contributed by atoms with Crippen LogP contribution in [-0.2, 0) is 65.4 Å². The molecule has 0 aromatic carbocycles. The fraction of sp³-hybridized carbons (Fsp3) is 0.901. The first kappa shape index (κ1) is 97.5. The van der Waals surface area contributed by atoms with E-state index in [2.05, 4.69) is 58.9 Å². The largest absolute Gasteiger partial charge is 0.472 e. The highest BCUT2D eigenvalue weighted by molar-refractivity contribution is 7.47. The molecule has 0 aromatic heterocycles. The second-order valence-electron chi connectivity index (χ2n) is 29.0. The first-order chi connectivity index (χ1) is 48.5. The maximum atomic E-state index is 13.1. The number of aliphatic hydroxyl groups is 1. The second kappa shape index (κ2) is 73.4. The summed E-state index contributed by atoms with van der Waals surface area (Å²) in [4.78, 5) is 72.9. The van der Waals surface area contributed by atoms with Crippen molar-refractivity contribution in [2.24, 2.45) is 5.92 Å². The Morgan fingerprint density at radius 1 is 0.310 bits per heavy atom.